The van der Waals surface area contributed by atoms with Crippen LogP contribution in [0.2, 0.25) is 0 Å². The molecule has 0 saturated carbocycles. The largest absolute Gasteiger partial charge is 0.270 e. The van der Waals surface area contributed by atoms with Crippen molar-refractivity contribution in [3.05, 3.63) is 73.3 Å². The third-order valence-corrected chi connectivity index (χ3v) is 3.69. The average molecular weight is 411 g/mol. The van der Waals surface area contributed by atoms with Gasteiger partial charge in [0.2, 0.25) is 0 Å². The number of nitrogens with zero attached hydrogens (tertiary/aromatic N) is 1. The maximum absolute atomic E-state index is 11.9. The van der Waals surface area contributed by atoms with Gasteiger partial charge in [0, 0.05) is 21.3 Å². The molecule has 0 aliphatic heterocycles. The van der Waals surface area contributed by atoms with Crippen LogP contribution in [0.15, 0.2) is 48.5 Å². The van der Waals surface area contributed by atoms with E-state index in [1.54, 1.807) is 24.3 Å². The van der Waals surface area contributed by atoms with Gasteiger partial charge in [-0.3, -0.25) is 30.6 Å². The van der Waals surface area contributed by atoms with E-state index < -0.39 is 16.7 Å². The predicted molar refractivity (Wildman–Crippen MR) is 87.2 cm³/mol. The van der Waals surface area contributed by atoms with Crippen LogP contribution in [-0.4, -0.2) is 16.7 Å². The van der Waals surface area contributed by atoms with E-state index in [2.05, 4.69) is 10.9 Å². The van der Waals surface area contributed by atoms with Crippen molar-refractivity contribution in [3.63, 3.8) is 0 Å². The summed E-state index contributed by atoms with van der Waals surface area (Å²) in [5, 5.41) is 10.5. The van der Waals surface area contributed by atoms with Crippen molar-refractivity contribution in [3.8, 4) is 0 Å². The molecule has 0 heterocycles. The maximum atomic E-state index is 11.9. The van der Waals surface area contributed by atoms with E-state index >= 15 is 0 Å². The number of carbonyl (C=O) groups excluding carboxylic acids is 2. The highest BCUT2D eigenvalue weighted by Gasteiger charge is 2.12. The Labute approximate surface area is 139 Å². The second-order valence-corrected chi connectivity index (χ2v) is 5.35. The number of hydrogen-bond acceptors (Lipinski definition) is 4. The van der Waals surface area contributed by atoms with Crippen LogP contribution in [0.4, 0.5) is 5.69 Å². The van der Waals surface area contributed by atoms with Gasteiger partial charge in [0.05, 0.1) is 10.5 Å². The molecule has 0 spiro atoms. The van der Waals surface area contributed by atoms with Gasteiger partial charge in [0.25, 0.3) is 17.5 Å². The first-order valence-electron chi connectivity index (χ1n) is 6.08. The molecule has 0 aliphatic rings. The third kappa shape index (κ3) is 3.79. The van der Waals surface area contributed by atoms with Gasteiger partial charge in [0.15, 0.2) is 0 Å². The lowest BCUT2D eigenvalue weighted by molar-refractivity contribution is -0.384. The summed E-state index contributed by atoms with van der Waals surface area (Å²) in [4.78, 5) is 33.8. The van der Waals surface area contributed by atoms with E-state index in [1.807, 2.05) is 22.6 Å². The average Bonchev–Trinajstić information content (AvgIpc) is 2.52. The summed E-state index contributed by atoms with van der Waals surface area (Å²) in [5.41, 5.74) is 5.09. The summed E-state index contributed by atoms with van der Waals surface area (Å²) in [6.45, 7) is 0. The van der Waals surface area contributed by atoms with Gasteiger partial charge < -0.3 is 0 Å². The van der Waals surface area contributed by atoms with Gasteiger partial charge in [0.1, 0.15) is 0 Å². The Morgan fingerprint density at radius 2 is 1.55 bits per heavy atom. The molecule has 8 heteroatoms. The molecule has 2 N–H and O–H groups in total. The van der Waals surface area contributed by atoms with Crippen molar-refractivity contribution in [1.82, 2.24) is 10.9 Å². The molecule has 2 rings (SSSR count). The van der Waals surface area contributed by atoms with Crippen LogP contribution < -0.4 is 10.9 Å². The summed E-state index contributed by atoms with van der Waals surface area (Å²) in [5.74, 6) is -1.01. The Morgan fingerprint density at radius 3 is 2.14 bits per heavy atom. The van der Waals surface area contributed by atoms with E-state index in [0.29, 0.717) is 5.56 Å². The molecule has 0 unspecified atom stereocenters. The Morgan fingerprint density at radius 1 is 0.955 bits per heavy atom. The van der Waals surface area contributed by atoms with Crippen molar-refractivity contribution in [1.29, 1.82) is 0 Å². The smallest absolute Gasteiger partial charge is 0.267 e. The second-order valence-electron chi connectivity index (χ2n) is 4.19. The molecule has 22 heavy (non-hydrogen) atoms. The SMILES string of the molecule is O=C(NNC(=O)c1ccccc1I)c1ccc([N+](=O)[O-])cc1. The monoisotopic (exact) mass is 411 g/mol. The maximum Gasteiger partial charge on any atom is 0.270 e. The number of amides is 2. The molecular formula is C14H10IN3O4. The van der Waals surface area contributed by atoms with E-state index in [0.717, 1.165) is 3.57 Å². The minimum Gasteiger partial charge on any atom is -0.267 e. The lowest BCUT2D eigenvalue weighted by atomic mass is 10.2. The molecule has 0 bridgehead atoms. The number of hydrogen-bond donors (Lipinski definition) is 2. The summed E-state index contributed by atoms with van der Waals surface area (Å²) >= 11 is 2.02. The van der Waals surface area contributed by atoms with Crippen LogP contribution in [0.3, 0.4) is 0 Å². The fourth-order valence-electron chi connectivity index (χ4n) is 1.63. The Hall–Kier alpha value is -2.49. The second kappa shape index (κ2) is 6.98. The summed E-state index contributed by atoms with van der Waals surface area (Å²) in [6.07, 6.45) is 0. The van der Waals surface area contributed by atoms with Crippen LogP contribution in [0, 0.1) is 13.7 Å². The minimum absolute atomic E-state index is 0.112. The molecule has 112 valence electrons. The molecule has 2 aromatic rings. The molecule has 2 aromatic carbocycles. The first-order valence-corrected chi connectivity index (χ1v) is 7.16. The van der Waals surface area contributed by atoms with Gasteiger partial charge in [-0.05, 0) is 46.9 Å². The number of hydrazine groups is 1. The Bertz CT molecular complexity index is 731. The number of carbonyl (C=O) groups is 2. The fourth-order valence-corrected chi connectivity index (χ4v) is 2.27. The third-order valence-electron chi connectivity index (χ3n) is 2.75. The topological polar surface area (TPSA) is 101 Å². The first kappa shape index (κ1) is 15.9. The molecular weight excluding hydrogens is 401 g/mol. The number of nitro groups is 1. The Balaban J connectivity index is 1.99. The van der Waals surface area contributed by atoms with Gasteiger partial charge in [-0.1, -0.05) is 12.1 Å². The van der Waals surface area contributed by atoms with E-state index in [9.17, 15) is 19.7 Å². The minimum atomic E-state index is -0.561. The quantitative estimate of drug-likeness (QED) is 0.460. The fraction of sp³-hybridized carbons (Fsp3) is 0. The van der Waals surface area contributed by atoms with Gasteiger partial charge in [-0.15, -0.1) is 0 Å². The van der Waals surface area contributed by atoms with E-state index in [-0.39, 0.29) is 11.3 Å². The first-order chi connectivity index (χ1) is 10.5. The van der Waals surface area contributed by atoms with Crippen LogP contribution in [0.5, 0.6) is 0 Å². The number of nitrogens with one attached hydrogen (secondary N) is 2. The number of nitro benzene ring substituents is 1. The van der Waals surface area contributed by atoms with E-state index in [4.69, 9.17) is 0 Å². The number of non-ortho nitro benzene ring substituents is 1. The predicted octanol–water partition coefficient (Wildman–Crippen LogP) is 2.27. The molecule has 0 atom stereocenters. The number of benzene rings is 2. The van der Waals surface area contributed by atoms with Gasteiger partial charge >= 0.3 is 0 Å². The van der Waals surface area contributed by atoms with Crippen LogP contribution in [0.1, 0.15) is 20.7 Å². The summed E-state index contributed by atoms with van der Waals surface area (Å²) in [7, 11) is 0. The lowest BCUT2D eigenvalue weighted by Crippen LogP contribution is -2.41. The highest BCUT2D eigenvalue weighted by Crippen LogP contribution is 2.12. The summed E-state index contributed by atoms with van der Waals surface area (Å²) in [6, 6.07) is 12.0. The van der Waals surface area contributed by atoms with Crippen molar-refractivity contribution in [2.45, 2.75) is 0 Å². The molecule has 0 radical (unpaired) electrons. The zero-order chi connectivity index (χ0) is 16.1. The zero-order valence-corrected chi connectivity index (χ0v) is 13.2. The Kier molecular flexibility index (Phi) is 5.04. The summed E-state index contributed by atoms with van der Waals surface area (Å²) < 4.78 is 0.752. The number of rotatable bonds is 3. The van der Waals surface area contributed by atoms with Crippen LogP contribution in [-0.2, 0) is 0 Å². The normalized spacial score (nSPS) is 9.86. The molecule has 0 aliphatic carbocycles. The lowest BCUT2D eigenvalue weighted by Gasteiger charge is -2.08. The standard InChI is InChI=1S/C14H10IN3O4/c15-12-4-2-1-3-11(12)14(20)17-16-13(19)9-5-7-10(8-6-9)18(21)22/h1-8H,(H,16,19)(H,17,20). The van der Waals surface area contributed by atoms with Crippen LogP contribution >= 0.6 is 22.6 Å². The highest BCUT2D eigenvalue weighted by molar-refractivity contribution is 14.1. The molecule has 0 aromatic heterocycles. The van der Waals surface area contributed by atoms with E-state index in [1.165, 1.54) is 24.3 Å². The van der Waals surface area contributed by atoms with Crippen LogP contribution in [0.25, 0.3) is 0 Å². The number of halogens is 1. The highest BCUT2D eigenvalue weighted by atomic mass is 127. The van der Waals surface area contributed by atoms with Crippen molar-refractivity contribution < 1.29 is 14.5 Å². The zero-order valence-electron chi connectivity index (χ0n) is 11.1. The van der Waals surface area contributed by atoms with Gasteiger partial charge in [-0.2, -0.15) is 0 Å². The molecule has 7 nitrogen and oxygen atoms in total. The van der Waals surface area contributed by atoms with Crippen molar-refractivity contribution >= 4 is 40.1 Å². The van der Waals surface area contributed by atoms with Gasteiger partial charge in [-0.25, -0.2) is 0 Å². The molecule has 0 fully saturated rings. The van der Waals surface area contributed by atoms with Crippen molar-refractivity contribution in [2.24, 2.45) is 0 Å². The van der Waals surface area contributed by atoms with Crippen molar-refractivity contribution in [2.75, 3.05) is 0 Å². The molecule has 2 amide bonds. The molecule has 0 saturated heterocycles.